The van der Waals surface area contributed by atoms with Gasteiger partial charge in [0.15, 0.2) is 5.82 Å². The molecule has 1 unspecified atom stereocenters. The van der Waals surface area contributed by atoms with Crippen LogP contribution in [0.25, 0.3) is 16.9 Å². The molecule has 13 nitrogen and oxygen atoms in total. The van der Waals surface area contributed by atoms with E-state index < -0.39 is 17.8 Å². The lowest BCUT2D eigenvalue weighted by molar-refractivity contribution is -0.133. The molecule has 4 aliphatic rings. The quantitative estimate of drug-likeness (QED) is 0.191. The van der Waals surface area contributed by atoms with Crippen LogP contribution in [-0.2, 0) is 14.4 Å². The number of nitrogens with one attached hydrogen (secondary N) is 2. The van der Waals surface area contributed by atoms with Crippen molar-refractivity contribution < 1.29 is 23.2 Å². The molecule has 1 atom stereocenters. The summed E-state index contributed by atoms with van der Waals surface area (Å²) in [4.78, 5) is 64.6. The van der Waals surface area contributed by atoms with Crippen LogP contribution in [0.15, 0.2) is 77.9 Å². The summed E-state index contributed by atoms with van der Waals surface area (Å²) in [5.41, 5.74) is 7.83. The Balaban J connectivity index is 0.939. The summed E-state index contributed by atoms with van der Waals surface area (Å²) < 4.78 is 32.5. The van der Waals surface area contributed by atoms with E-state index in [1.807, 2.05) is 0 Å². The van der Waals surface area contributed by atoms with Crippen LogP contribution >= 0.6 is 0 Å². The second-order valence-electron chi connectivity index (χ2n) is 15.9. The molecule has 304 valence electrons. The number of nitrogens with two attached hydrogens (primary N) is 1. The van der Waals surface area contributed by atoms with Gasteiger partial charge in [-0.25, -0.2) is 18.7 Å². The van der Waals surface area contributed by atoms with E-state index in [2.05, 4.69) is 30.3 Å². The van der Waals surface area contributed by atoms with E-state index in [1.165, 1.54) is 22.9 Å². The molecular weight excluding hydrogens is 745 g/mol. The molecule has 3 amide bonds. The first-order valence-electron chi connectivity index (χ1n) is 20.4. The Labute approximate surface area is 335 Å². The van der Waals surface area contributed by atoms with Gasteiger partial charge in [0, 0.05) is 85.8 Å². The fraction of sp³-hybridized carbons (Fsp3) is 0.442. The average Bonchev–Trinajstić information content (AvgIpc) is 3.23. The summed E-state index contributed by atoms with van der Waals surface area (Å²) in [6.07, 6.45) is 10.1. The van der Waals surface area contributed by atoms with Crippen LogP contribution in [0.2, 0.25) is 0 Å². The number of hydrogen-bond acceptors (Lipinski definition) is 10. The minimum absolute atomic E-state index is 0.0637. The summed E-state index contributed by atoms with van der Waals surface area (Å²) in [6.45, 7) is 2.95. The van der Waals surface area contributed by atoms with Crippen molar-refractivity contribution in [3.8, 4) is 16.9 Å². The topological polar surface area (TPSA) is 159 Å². The average molecular weight is 794 g/mol. The van der Waals surface area contributed by atoms with Gasteiger partial charge in [-0.3, -0.25) is 34.0 Å². The molecule has 2 aliphatic heterocycles. The third-order valence-corrected chi connectivity index (χ3v) is 12.4. The molecule has 2 aromatic carbocycles. The molecule has 0 radical (unpaired) electrons. The number of carbonyl (C=O) groups is 3. The highest BCUT2D eigenvalue weighted by atomic mass is 19.1. The van der Waals surface area contributed by atoms with Crippen molar-refractivity contribution in [1.82, 2.24) is 24.8 Å². The molecule has 2 saturated heterocycles. The zero-order valence-corrected chi connectivity index (χ0v) is 32.4. The van der Waals surface area contributed by atoms with Crippen molar-refractivity contribution >= 4 is 35.0 Å². The number of piperidine rings is 1. The van der Waals surface area contributed by atoms with Crippen molar-refractivity contribution in [2.24, 2.45) is 11.7 Å². The Kier molecular flexibility index (Phi) is 11.5. The first-order chi connectivity index (χ1) is 28.1. The van der Waals surface area contributed by atoms with Gasteiger partial charge in [-0.1, -0.05) is 18.2 Å². The third kappa shape index (κ3) is 8.45. The summed E-state index contributed by atoms with van der Waals surface area (Å²) in [5.74, 6) is -1.59. The number of aromatic nitrogens is 3. The lowest BCUT2D eigenvalue weighted by Gasteiger charge is -2.46. The van der Waals surface area contributed by atoms with Gasteiger partial charge < -0.3 is 20.9 Å². The molecule has 8 rings (SSSR count). The number of primary amides is 1. The van der Waals surface area contributed by atoms with Gasteiger partial charge in [0.05, 0.1) is 11.9 Å². The monoisotopic (exact) mass is 793 g/mol. The van der Waals surface area contributed by atoms with E-state index in [0.717, 1.165) is 51.6 Å². The molecule has 0 spiro atoms. The van der Waals surface area contributed by atoms with Crippen molar-refractivity contribution in [3.63, 3.8) is 0 Å². The first kappa shape index (κ1) is 39.1. The molecule has 4 N–H and O–H groups in total. The second-order valence-corrected chi connectivity index (χ2v) is 15.9. The van der Waals surface area contributed by atoms with Gasteiger partial charge in [0.25, 0.3) is 5.56 Å². The van der Waals surface area contributed by atoms with Crippen molar-refractivity contribution in [3.05, 3.63) is 95.0 Å². The molecule has 4 aromatic rings. The minimum atomic E-state index is -0.580. The number of imide groups is 1. The van der Waals surface area contributed by atoms with E-state index in [0.29, 0.717) is 67.0 Å². The fourth-order valence-electron chi connectivity index (χ4n) is 9.31. The standard InChI is InChI=1S/C43H49F2N9O4/c44-34-25-29(48-36-16-18-38(55)49-42(36)58)9-17-37(34)52-22-20-51(21-23-52)30-12-14-32(15-13-30)54(31-10-7-27(8-11-31)41(46)57)43-47-26-35(45)40(50-43)28-4-3-5-33(24-28)53-19-2-1-6-39(53)56/h1-6,9,17,19,24-27,30-32,36,48H,7-8,10-16,18,20-23H2,(H2,46,57)(H,49,55,58). The van der Waals surface area contributed by atoms with E-state index in [1.54, 1.807) is 54.7 Å². The van der Waals surface area contributed by atoms with Crippen LogP contribution in [0, 0.1) is 17.6 Å². The number of anilines is 3. The van der Waals surface area contributed by atoms with Crippen molar-refractivity contribution in [2.75, 3.05) is 41.3 Å². The van der Waals surface area contributed by atoms with Gasteiger partial charge in [-0.05, 0) is 94.2 Å². The predicted molar refractivity (Wildman–Crippen MR) is 216 cm³/mol. The maximum atomic E-state index is 15.6. The number of hydrogen-bond donors (Lipinski definition) is 3. The van der Waals surface area contributed by atoms with Crippen molar-refractivity contribution in [2.45, 2.75) is 88.4 Å². The van der Waals surface area contributed by atoms with Crippen LogP contribution in [0.4, 0.5) is 26.1 Å². The van der Waals surface area contributed by atoms with E-state index >= 15 is 8.78 Å². The number of piperazine rings is 1. The number of pyridine rings is 1. The molecule has 2 aromatic heterocycles. The number of halogens is 2. The Hall–Kier alpha value is -5.70. The smallest absolute Gasteiger partial charge is 0.255 e. The normalized spacial score (nSPS) is 24.2. The van der Waals surface area contributed by atoms with Crippen molar-refractivity contribution in [1.29, 1.82) is 0 Å². The Morgan fingerprint density at radius 3 is 2.26 bits per heavy atom. The minimum Gasteiger partial charge on any atom is -0.374 e. The van der Waals surface area contributed by atoms with Gasteiger partial charge in [-0.2, -0.15) is 0 Å². The van der Waals surface area contributed by atoms with Crippen LogP contribution < -0.4 is 31.7 Å². The molecule has 2 saturated carbocycles. The summed E-state index contributed by atoms with van der Waals surface area (Å²) in [5, 5.41) is 5.38. The van der Waals surface area contributed by atoms with Gasteiger partial charge in [0.2, 0.25) is 23.7 Å². The summed E-state index contributed by atoms with van der Waals surface area (Å²) in [7, 11) is 0. The molecular formula is C43H49F2N9O4. The fourth-order valence-corrected chi connectivity index (χ4v) is 9.31. The Morgan fingerprint density at radius 2 is 1.57 bits per heavy atom. The molecule has 0 bridgehead atoms. The highest BCUT2D eigenvalue weighted by molar-refractivity contribution is 6.01. The largest absolute Gasteiger partial charge is 0.374 e. The molecule has 4 fully saturated rings. The Morgan fingerprint density at radius 1 is 0.828 bits per heavy atom. The number of nitrogens with zero attached hydrogens (tertiary/aromatic N) is 6. The number of rotatable bonds is 10. The third-order valence-electron chi connectivity index (χ3n) is 12.4. The van der Waals surface area contributed by atoms with Gasteiger partial charge in [0.1, 0.15) is 17.6 Å². The van der Waals surface area contributed by atoms with Crippen LogP contribution in [0.3, 0.4) is 0 Å². The first-order valence-corrected chi connectivity index (χ1v) is 20.4. The number of amides is 3. The van der Waals surface area contributed by atoms with Crippen LogP contribution in [0.1, 0.15) is 64.2 Å². The highest BCUT2D eigenvalue weighted by Crippen LogP contribution is 2.37. The SMILES string of the molecule is NC(=O)C1CCC(N(c2ncc(F)c(-c3cccc(-n4ccccc4=O)c3)n2)C2CCC(N3CCN(c4ccc(NC5CCC(=O)NC5=O)cc4F)CC3)CC2)CC1. The molecule has 4 heterocycles. The number of benzene rings is 2. The summed E-state index contributed by atoms with van der Waals surface area (Å²) >= 11 is 0. The van der Waals surface area contributed by atoms with Crippen LogP contribution in [0.5, 0.6) is 0 Å². The molecule has 15 heteroatoms. The van der Waals surface area contributed by atoms with E-state index in [-0.39, 0.29) is 53.3 Å². The predicted octanol–water partition coefficient (Wildman–Crippen LogP) is 4.77. The zero-order chi connectivity index (χ0) is 40.3. The van der Waals surface area contributed by atoms with Crippen LogP contribution in [-0.4, -0.2) is 87.5 Å². The van der Waals surface area contributed by atoms with E-state index in [4.69, 9.17) is 10.7 Å². The van der Waals surface area contributed by atoms with Gasteiger partial charge in [-0.15, -0.1) is 0 Å². The Bertz CT molecular complexity index is 2210. The lowest BCUT2D eigenvalue weighted by Crippen LogP contribution is -2.54. The molecule has 58 heavy (non-hydrogen) atoms. The maximum absolute atomic E-state index is 15.6. The van der Waals surface area contributed by atoms with E-state index in [9.17, 15) is 19.2 Å². The summed E-state index contributed by atoms with van der Waals surface area (Å²) in [6, 6.07) is 16.9. The second kappa shape index (κ2) is 17.0. The number of carbonyl (C=O) groups excluding carboxylic acids is 3. The maximum Gasteiger partial charge on any atom is 0.255 e. The molecule has 2 aliphatic carbocycles. The lowest BCUT2D eigenvalue weighted by atomic mass is 9.82. The highest BCUT2D eigenvalue weighted by Gasteiger charge is 2.37. The van der Waals surface area contributed by atoms with Gasteiger partial charge >= 0.3 is 0 Å². The zero-order valence-electron chi connectivity index (χ0n) is 32.4.